The van der Waals surface area contributed by atoms with Gasteiger partial charge in [-0.3, -0.25) is 4.79 Å². The third-order valence-electron chi connectivity index (χ3n) is 2.66. The maximum absolute atomic E-state index is 12.2. The number of carboxylic acids is 1. The number of aliphatic carboxylic acids is 1. The van der Waals surface area contributed by atoms with Gasteiger partial charge in [0.1, 0.15) is 0 Å². The van der Waals surface area contributed by atoms with E-state index in [4.69, 9.17) is 5.11 Å². The molecule has 0 aliphatic rings. The van der Waals surface area contributed by atoms with Crippen molar-refractivity contribution in [2.75, 3.05) is 0 Å². The molecule has 19 heavy (non-hydrogen) atoms. The molecule has 0 aliphatic heterocycles. The van der Waals surface area contributed by atoms with E-state index < -0.39 is 24.6 Å². The molecule has 1 unspecified atom stereocenters. The van der Waals surface area contributed by atoms with E-state index in [9.17, 15) is 18.0 Å². The molecular formula is C10H15F3N4O2. The van der Waals surface area contributed by atoms with Crippen LogP contribution in [0.2, 0.25) is 0 Å². The summed E-state index contributed by atoms with van der Waals surface area (Å²) in [5.41, 5.74) is 0. The molecule has 6 nitrogen and oxygen atoms in total. The Labute approximate surface area is 107 Å². The second kappa shape index (κ2) is 5.98. The lowest BCUT2D eigenvalue weighted by molar-refractivity contribution is -0.139. The molecule has 0 radical (unpaired) electrons. The monoisotopic (exact) mass is 280 g/mol. The van der Waals surface area contributed by atoms with Crippen molar-refractivity contribution in [2.24, 2.45) is 5.92 Å². The minimum atomic E-state index is -4.29. The average Bonchev–Trinajstić information content (AvgIpc) is 2.69. The van der Waals surface area contributed by atoms with Crippen LogP contribution in [0.4, 0.5) is 13.2 Å². The van der Waals surface area contributed by atoms with Gasteiger partial charge in [0.05, 0.1) is 18.9 Å². The van der Waals surface area contributed by atoms with Gasteiger partial charge < -0.3 is 5.11 Å². The molecule has 0 amide bonds. The maximum Gasteiger partial charge on any atom is 0.389 e. The van der Waals surface area contributed by atoms with E-state index in [1.54, 1.807) is 13.8 Å². The zero-order valence-corrected chi connectivity index (χ0v) is 10.6. The van der Waals surface area contributed by atoms with Crippen LogP contribution in [0.3, 0.4) is 0 Å². The van der Waals surface area contributed by atoms with Crippen LogP contribution in [0.1, 0.15) is 38.6 Å². The summed E-state index contributed by atoms with van der Waals surface area (Å²) in [6.07, 6.45) is -5.93. The molecule has 9 heteroatoms. The number of hydrogen-bond acceptors (Lipinski definition) is 4. The fourth-order valence-corrected chi connectivity index (χ4v) is 1.67. The lowest BCUT2D eigenvalue weighted by Gasteiger charge is -2.20. The summed E-state index contributed by atoms with van der Waals surface area (Å²) in [5.74, 6) is -1.10. The van der Waals surface area contributed by atoms with Gasteiger partial charge >= 0.3 is 12.1 Å². The van der Waals surface area contributed by atoms with Gasteiger partial charge in [0.2, 0.25) is 0 Å². The molecule has 1 rings (SSSR count). The number of tetrazole rings is 1. The quantitative estimate of drug-likeness (QED) is 0.859. The molecule has 1 atom stereocenters. The van der Waals surface area contributed by atoms with Crippen molar-refractivity contribution in [2.45, 2.75) is 45.3 Å². The van der Waals surface area contributed by atoms with E-state index in [1.807, 2.05) is 0 Å². The molecule has 0 saturated carbocycles. The highest BCUT2D eigenvalue weighted by molar-refractivity contribution is 5.67. The number of hydrogen-bond donors (Lipinski definition) is 1. The van der Waals surface area contributed by atoms with Gasteiger partial charge in [0, 0.05) is 6.42 Å². The molecular weight excluding hydrogens is 265 g/mol. The van der Waals surface area contributed by atoms with Crippen molar-refractivity contribution in [3.8, 4) is 0 Å². The minimum Gasteiger partial charge on any atom is -0.481 e. The number of carboxylic acid groups (broad SMARTS) is 1. The number of nitrogens with zero attached hydrogens (tertiary/aromatic N) is 4. The van der Waals surface area contributed by atoms with E-state index in [0.29, 0.717) is 0 Å². The lowest BCUT2D eigenvalue weighted by atomic mass is 10.0. The molecule has 1 aromatic rings. The molecule has 0 bridgehead atoms. The van der Waals surface area contributed by atoms with Crippen LogP contribution in [0.5, 0.6) is 0 Å². The Hall–Kier alpha value is -1.67. The fraction of sp³-hybridized carbons (Fsp3) is 0.800. The summed E-state index contributed by atoms with van der Waals surface area (Å²) in [5, 5.41) is 19.3. The zero-order valence-electron chi connectivity index (χ0n) is 10.6. The van der Waals surface area contributed by atoms with E-state index in [2.05, 4.69) is 15.5 Å². The first-order chi connectivity index (χ1) is 8.70. The number of halogens is 3. The second-order valence-corrected chi connectivity index (χ2v) is 4.56. The van der Waals surface area contributed by atoms with Crippen molar-refractivity contribution in [1.29, 1.82) is 0 Å². The predicted molar refractivity (Wildman–Crippen MR) is 58.3 cm³/mol. The molecule has 1 heterocycles. The van der Waals surface area contributed by atoms with E-state index in [0.717, 1.165) is 0 Å². The fourth-order valence-electron chi connectivity index (χ4n) is 1.67. The van der Waals surface area contributed by atoms with Crippen molar-refractivity contribution in [3.05, 3.63) is 5.82 Å². The first-order valence-corrected chi connectivity index (χ1v) is 5.76. The Bertz CT molecular complexity index is 431. The van der Waals surface area contributed by atoms with Crippen molar-refractivity contribution >= 4 is 5.97 Å². The molecule has 0 spiro atoms. The molecule has 0 aliphatic carbocycles. The Morgan fingerprint density at radius 2 is 2.05 bits per heavy atom. The summed E-state index contributed by atoms with van der Waals surface area (Å²) < 4.78 is 37.7. The van der Waals surface area contributed by atoms with Gasteiger partial charge in [-0.15, -0.1) is 5.10 Å². The normalized spacial score (nSPS) is 13.8. The van der Waals surface area contributed by atoms with Gasteiger partial charge in [-0.2, -0.15) is 13.2 Å². The molecule has 0 aromatic carbocycles. The highest BCUT2D eigenvalue weighted by Gasteiger charge is 2.29. The lowest BCUT2D eigenvalue weighted by Crippen LogP contribution is -2.23. The van der Waals surface area contributed by atoms with Gasteiger partial charge in [0.25, 0.3) is 0 Å². The largest absolute Gasteiger partial charge is 0.481 e. The Kier molecular flexibility index (Phi) is 4.84. The first kappa shape index (κ1) is 15.4. The van der Waals surface area contributed by atoms with Crippen LogP contribution < -0.4 is 0 Å². The predicted octanol–water partition coefficient (Wildman–Crippen LogP) is 1.84. The number of alkyl halides is 3. The van der Waals surface area contributed by atoms with Crippen molar-refractivity contribution in [1.82, 2.24) is 20.2 Å². The number of carbonyl (C=O) groups is 1. The number of aryl methyl sites for hydroxylation is 1. The molecule has 0 fully saturated rings. The van der Waals surface area contributed by atoms with Crippen LogP contribution in [-0.2, 0) is 11.2 Å². The van der Waals surface area contributed by atoms with Crippen molar-refractivity contribution < 1.29 is 23.1 Å². The standard InChI is InChI=1S/C10H15F3N4O2/c1-6(2)7(5-9(18)19)17-8(14-15-16-17)3-4-10(11,12)13/h6-7H,3-5H2,1-2H3,(H,18,19). The number of rotatable bonds is 6. The second-order valence-electron chi connectivity index (χ2n) is 4.56. The van der Waals surface area contributed by atoms with Crippen LogP contribution in [0.15, 0.2) is 0 Å². The third kappa shape index (κ3) is 4.84. The van der Waals surface area contributed by atoms with Gasteiger partial charge in [-0.05, 0) is 16.3 Å². The topological polar surface area (TPSA) is 80.9 Å². The van der Waals surface area contributed by atoms with E-state index >= 15 is 0 Å². The van der Waals surface area contributed by atoms with Crippen LogP contribution in [-0.4, -0.2) is 37.5 Å². The van der Waals surface area contributed by atoms with Gasteiger partial charge in [0.15, 0.2) is 5.82 Å². The summed E-state index contributed by atoms with van der Waals surface area (Å²) in [7, 11) is 0. The Morgan fingerprint density at radius 3 is 2.53 bits per heavy atom. The highest BCUT2D eigenvalue weighted by atomic mass is 19.4. The Morgan fingerprint density at radius 1 is 1.42 bits per heavy atom. The number of aromatic nitrogens is 4. The highest BCUT2D eigenvalue weighted by Crippen LogP contribution is 2.25. The van der Waals surface area contributed by atoms with Crippen molar-refractivity contribution in [3.63, 3.8) is 0 Å². The molecule has 0 saturated heterocycles. The van der Waals surface area contributed by atoms with E-state index in [1.165, 1.54) is 4.68 Å². The average molecular weight is 280 g/mol. The maximum atomic E-state index is 12.2. The van der Waals surface area contributed by atoms with Crippen LogP contribution in [0.25, 0.3) is 0 Å². The zero-order chi connectivity index (χ0) is 14.6. The first-order valence-electron chi connectivity index (χ1n) is 5.76. The van der Waals surface area contributed by atoms with Crippen LogP contribution >= 0.6 is 0 Å². The van der Waals surface area contributed by atoms with Crippen LogP contribution in [0, 0.1) is 5.92 Å². The summed E-state index contributed by atoms with van der Waals surface area (Å²) in [4.78, 5) is 10.8. The molecule has 1 N–H and O–H groups in total. The summed E-state index contributed by atoms with van der Waals surface area (Å²) >= 11 is 0. The summed E-state index contributed by atoms with van der Waals surface area (Å²) in [6, 6.07) is -0.560. The minimum absolute atomic E-state index is 0.0530. The summed E-state index contributed by atoms with van der Waals surface area (Å²) in [6.45, 7) is 3.53. The van der Waals surface area contributed by atoms with Gasteiger partial charge in [-0.25, -0.2) is 4.68 Å². The Balaban J connectivity index is 2.87. The smallest absolute Gasteiger partial charge is 0.389 e. The van der Waals surface area contributed by atoms with E-state index in [-0.39, 0.29) is 24.6 Å². The SMILES string of the molecule is CC(C)C(CC(=O)O)n1nnnc1CCC(F)(F)F. The molecule has 108 valence electrons. The third-order valence-corrected chi connectivity index (χ3v) is 2.66. The van der Waals surface area contributed by atoms with Gasteiger partial charge in [-0.1, -0.05) is 13.8 Å². The molecule has 1 aromatic heterocycles.